The molecule has 25 heavy (non-hydrogen) atoms. The van der Waals surface area contributed by atoms with Crippen molar-refractivity contribution >= 4 is 11.8 Å². The van der Waals surface area contributed by atoms with Crippen LogP contribution in [0.1, 0.15) is 50.8 Å². The standard InChI is InChI=1S/C19H29N3O3/c1-14-6-8-15(9-7-14)20-19(24)18-16-5-3-10-21(16)13-17(23)22(18)11-4-12-25-2/h3,5,10,14-15,18H,4,6-9,11-13H2,1-2H3,(H,20,24). The number of methoxy groups -OCH3 is 1. The topological polar surface area (TPSA) is 63.6 Å². The first-order valence-electron chi connectivity index (χ1n) is 9.34. The lowest BCUT2D eigenvalue weighted by molar-refractivity contribution is -0.144. The number of carbonyl (C=O) groups is 2. The van der Waals surface area contributed by atoms with Gasteiger partial charge in [-0.1, -0.05) is 6.92 Å². The van der Waals surface area contributed by atoms with Crippen molar-refractivity contribution in [1.82, 2.24) is 14.8 Å². The van der Waals surface area contributed by atoms with Gasteiger partial charge in [-0.05, 0) is 50.2 Å². The molecule has 1 aromatic heterocycles. The second-order valence-electron chi connectivity index (χ2n) is 7.36. The fourth-order valence-electron chi connectivity index (χ4n) is 3.95. The van der Waals surface area contributed by atoms with E-state index in [1.807, 2.05) is 22.9 Å². The molecule has 3 rings (SSSR count). The molecule has 0 radical (unpaired) electrons. The highest BCUT2D eigenvalue weighted by molar-refractivity contribution is 5.90. The summed E-state index contributed by atoms with van der Waals surface area (Å²) in [6, 6.07) is 3.55. The molecule has 0 spiro atoms. The third kappa shape index (κ3) is 4.06. The van der Waals surface area contributed by atoms with Crippen LogP contribution in [-0.4, -0.2) is 47.6 Å². The van der Waals surface area contributed by atoms with Crippen LogP contribution in [-0.2, 0) is 20.9 Å². The van der Waals surface area contributed by atoms with E-state index < -0.39 is 6.04 Å². The number of amides is 2. The van der Waals surface area contributed by atoms with Crippen LogP contribution in [0, 0.1) is 5.92 Å². The number of fused-ring (bicyclic) bond motifs is 1. The summed E-state index contributed by atoms with van der Waals surface area (Å²) in [5, 5.41) is 3.20. The van der Waals surface area contributed by atoms with Gasteiger partial charge in [0.1, 0.15) is 6.54 Å². The quantitative estimate of drug-likeness (QED) is 0.802. The van der Waals surface area contributed by atoms with E-state index in [-0.39, 0.29) is 17.9 Å². The number of ether oxygens (including phenoxy) is 1. The Balaban J connectivity index is 1.74. The Morgan fingerprint density at radius 2 is 2.08 bits per heavy atom. The van der Waals surface area contributed by atoms with Crippen LogP contribution < -0.4 is 5.32 Å². The predicted octanol–water partition coefficient (Wildman–Crippen LogP) is 2.10. The van der Waals surface area contributed by atoms with E-state index in [2.05, 4.69) is 12.2 Å². The molecular weight excluding hydrogens is 318 g/mol. The summed E-state index contributed by atoms with van der Waals surface area (Å²) in [7, 11) is 1.65. The lowest BCUT2D eigenvalue weighted by Crippen LogP contribution is -2.51. The molecule has 6 heteroatoms. The maximum absolute atomic E-state index is 13.0. The predicted molar refractivity (Wildman–Crippen MR) is 94.9 cm³/mol. The van der Waals surface area contributed by atoms with Crippen LogP contribution >= 0.6 is 0 Å². The molecule has 1 saturated carbocycles. The summed E-state index contributed by atoms with van der Waals surface area (Å²) in [6.07, 6.45) is 6.97. The van der Waals surface area contributed by atoms with Crippen molar-refractivity contribution in [2.75, 3.05) is 20.3 Å². The monoisotopic (exact) mass is 347 g/mol. The number of hydrogen-bond acceptors (Lipinski definition) is 3. The van der Waals surface area contributed by atoms with E-state index in [1.165, 1.54) is 0 Å². The van der Waals surface area contributed by atoms with Gasteiger partial charge in [0.25, 0.3) is 0 Å². The van der Waals surface area contributed by atoms with Crippen molar-refractivity contribution in [1.29, 1.82) is 0 Å². The fourth-order valence-corrected chi connectivity index (χ4v) is 3.95. The van der Waals surface area contributed by atoms with E-state index >= 15 is 0 Å². The van der Waals surface area contributed by atoms with Gasteiger partial charge in [0.15, 0.2) is 6.04 Å². The normalized spacial score (nSPS) is 26.4. The van der Waals surface area contributed by atoms with Gasteiger partial charge in [-0.3, -0.25) is 9.59 Å². The molecule has 1 aromatic rings. The molecule has 1 aliphatic carbocycles. The summed E-state index contributed by atoms with van der Waals surface area (Å²) in [5.41, 5.74) is 0.902. The Morgan fingerprint density at radius 3 is 2.80 bits per heavy atom. The molecule has 1 unspecified atom stereocenters. The Bertz CT molecular complexity index is 605. The van der Waals surface area contributed by atoms with E-state index in [0.29, 0.717) is 19.7 Å². The van der Waals surface area contributed by atoms with E-state index in [9.17, 15) is 9.59 Å². The first-order chi connectivity index (χ1) is 12.1. The first kappa shape index (κ1) is 18.0. The number of carbonyl (C=O) groups excluding carboxylic acids is 2. The van der Waals surface area contributed by atoms with Crippen LogP contribution in [0.3, 0.4) is 0 Å². The minimum absolute atomic E-state index is 0.00257. The maximum Gasteiger partial charge on any atom is 0.249 e. The molecule has 6 nitrogen and oxygen atoms in total. The van der Waals surface area contributed by atoms with Crippen LogP contribution in [0.4, 0.5) is 0 Å². The van der Waals surface area contributed by atoms with Gasteiger partial charge in [0.2, 0.25) is 11.8 Å². The summed E-state index contributed by atoms with van der Waals surface area (Å²) in [4.78, 5) is 27.3. The molecule has 2 heterocycles. The van der Waals surface area contributed by atoms with Crippen molar-refractivity contribution in [3.63, 3.8) is 0 Å². The number of aromatic nitrogens is 1. The van der Waals surface area contributed by atoms with E-state index in [4.69, 9.17) is 4.74 Å². The van der Waals surface area contributed by atoms with Gasteiger partial charge in [-0.15, -0.1) is 0 Å². The smallest absolute Gasteiger partial charge is 0.249 e. The highest BCUT2D eigenvalue weighted by Crippen LogP contribution is 2.29. The molecule has 0 aromatic carbocycles. The zero-order chi connectivity index (χ0) is 17.8. The Hall–Kier alpha value is -1.82. The molecule has 1 aliphatic heterocycles. The van der Waals surface area contributed by atoms with Crippen LogP contribution in [0.2, 0.25) is 0 Å². The van der Waals surface area contributed by atoms with E-state index in [1.54, 1.807) is 12.0 Å². The van der Waals surface area contributed by atoms with Crippen LogP contribution in [0.25, 0.3) is 0 Å². The molecular formula is C19H29N3O3. The van der Waals surface area contributed by atoms with Gasteiger partial charge in [0.05, 0.1) is 5.69 Å². The third-order valence-electron chi connectivity index (χ3n) is 5.44. The van der Waals surface area contributed by atoms with E-state index in [0.717, 1.165) is 43.7 Å². The minimum Gasteiger partial charge on any atom is -0.385 e. The molecule has 2 amide bonds. The zero-order valence-electron chi connectivity index (χ0n) is 15.2. The number of rotatable bonds is 6. The Kier molecular flexibility index (Phi) is 5.78. The minimum atomic E-state index is -0.535. The first-order valence-corrected chi connectivity index (χ1v) is 9.34. The van der Waals surface area contributed by atoms with Gasteiger partial charge in [0, 0.05) is 32.5 Å². The molecule has 0 saturated heterocycles. The second-order valence-corrected chi connectivity index (χ2v) is 7.36. The summed E-state index contributed by atoms with van der Waals surface area (Å²) in [6.45, 7) is 3.69. The number of hydrogen-bond donors (Lipinski definition) is 1. The molecule has 0 bridgehead atoms. The van der Waals surface area contributed by atoms with Crippen molar-refractivity contribution in [3.8, 4) is 0 Å². The average molecular weight is 347 g/mol. The summed E-state index contributed by atoms with van der Waals surface area (Å²) >= 11 is 0. The number of nitrogens with zero attached hydrogens (tertiary/aromatic N) is 2. The zero-order valence-corrected chi connectivity index (χ0v) is 15.2. The largest absolute Gasteiger partial charge is 0.385 e. The maximum atomic E-state index is 13.0. The van der Waals surface area contributed by atoms with Gasteiger partial charge in [-0.25, -0.2) is 0 Å². The molecule has 1 N–H and O–H groups in total. The third-order valence-corrected chi connectivity index (χ3v) is 5.44. The summed E-state index contributed by atoms with van der Waals surface area (Å²) in [5.74, 6) is 0.689. The lowest BCUT2D eigenvalue weighted by atomic mass is 9.87. The van der Waals surface area contributed by atoms with Crippen molar-refractivity contribution in [2.24, 2.45) is 5.92 Å². The molecule has 2 aliphatic rings. The summed E-state index contributed by atoms with van der Waals surface area (Å²) < 4.78 is 7.00. The van der Waals surface area contributed by atoms with Gasteiger partial charge < -0.3 is 19.5 Å². The number of nitrogens with one attached hydrogen (secondary N) is 1. The highest BCUT2D eigenvalue weighted by Gasteiger charge is 2.37. The second kappa shape index (κ2) is 8.04. The SMILES string of the molecule is COCCCN1C(=O)Cn2cccc2C1C(=O)NC1CCC(C)CC1. The van der Waals surface area contributed by atoms with Crippen LogP contribution in [0.5, 0.6) is 0 Å². The van der Waals surface area contributed by atoms with Crippen molar-refractivity contribution in [2.45, 2.75) is 57.7 Å². The van der Waals surface area contributed by atoms with Gasteiger partial charge >= 0.3 is 0 Å². The molecule has 1 atom stereocenters. The van der Waals surface area contributed by atoms with Crippen molar-refractivity contribution < 1.29 is 14.3 Å². The fraction of sp³-hybridized carbons (Fsp3) is 0.684. The highest BCUT2D eigenvalue weighted by atomic mass is 16.5. The average Bonchev–Trinajstić information content (AvgIpc) is 3.05. The lowest BCUT2D eigenvalue weighted by Gasteiger charge is -2.37. The Labute approximate surface area is 149 Å². The Morgan fingerprint density at radius 1 is 1.32 bits per heavy atom. The molecule has 138 valence electrons. The van der Waals surface area contributed by atoms with Crippen molar-refractivity contribution in [3.05, 3.63) is 24.0 Å². The molecule has 1 fully saturated rings. The van der Waals surface area contributed by atoms with Crippen LogP contribution in [0.15, 0.2) is 18.3 Å². The van der Waals surface area contributed by atoms with Gasteiger partial charge in [-0.2, -0.15) is 0 Å².